The van der Waals surface area contributed by atoms with E-state index in [1.54, 1.807) is 18.2 Å². The van der Waals surface area contributed by atoms with Crippen molar-refractivity contribution in [2.45, 2.75) is 6.55 Å². The molecular weight excluding hydrogens is 429 g/mol. The van der Waals surface area contributed by atoms with Gasteiger partial charge in [-0.1, -0.05) is 0 Å². The summed E-state index contributed by atoms with van der Waals surface area (Å²) < 4.78 is 1.16. The van der Waals surface area contributed by atoms with Crippen LogP contribution in [0.5, 0.6) is 5.75 Å². The molecule has 2 heterocycles. The number of fused-ring (bicyclic) bond motifs is 2. The Hall–Kier alpha value is -2.72. The number of ketones is 1. The number of carbonyl (C=O) groups excluding carboxylic acids is 1. The van der Waals surface area contributed by atoms with Crippen LogP contribution in [0.15, 0.2) is 88.0 Å². The second kappa shape index (κ2) is 6.42. The molecule has 1 N–H and O–H groups in total. The van der Waals surface area contributed by atoms with Crippen molar-refractivity contribution in [3.63, 3.8) is 0 Å². The number of allylic oxidation sites excluding steroid dienone is 4. The molecule has 0 amide bonds. The average Bonchev–Trinajstić information content (AvgIpc) is 3.24. The Balaban J connectivity index is 1.93. The molecule has 1 atom stereocenters. The molecule has 3 aromatic rings. The van der Waals surface area contributed by atoms with Crippen LogP contribution in [0.2, 0.25) is 6.55 Å². The maximum atomic E-state index is 12.3. The van der Waals surface area contributed by atoms with Gasteiger partial charge in [-0.15, -0.1) is 0 Å². The fourth-order valence-corrected chi connectivity index (χ4v) is 10.3. The van der Waals surface area contributed by atoms with Gasteiger partial charge in [0, 0.05) is 0 Å². The van der Waals surface area contributed by atoms with Crippen molar-refractivity contribution in [2.75, 3.05) is 0 Å². The number of phenolic OH excluding ortho intramolecular Hbond substituents is 1. The Bertz CT molecular complexity index is 1190. The third-order valence-corrected chi connectivity index (χ3v) is 11.9. The number of hydrogen-bond acceptors (Lipinski definition) is 3. The fraction of sp³-hybridized carbons (Fsp3) is 0.0435. The molecule has 0 fully saturated rings. The van der Waals surface area contributed by atoms with Gasteiger partial charge >= 0.3 is 170 Å². The molecule has 0 radical (unpaired) electrons. The van der Waals surface area contributed by atoms with E-state index in [0.29, 0.717) is 5.75 Å². The number of phenols is 1. The third-order valence-electron chi connectivity index (χ3n) is 5.53. The molecule has 1 aromatic heterocycles. The van der Waals surface area contributed by atoms with Gasteiger partial charge < -0.3 is 0 Å². The molecule has 1 aliphatic heterocycles. The van der Waals surface area contributed by atoms with Crippen LogP contribution in [0, 0.1) is 0 Å². The standard InChI is InChI=1S/C23H17NO2SeSi/c1-28(16-6-3-2-4-7-16)21-14-15(25)9-10-17(21)24-18-11-12-19(26)22(23(18)28)20-8-5-13-27-20/h2-14,26H,1H3. The monoisotopic (exact) mass is 447 g/mol. The number of benzene rings is 2. The normalized spacial score (nSPS) is 20.2. The SMILES string of the molecule is C[Si]1(c2ccccc2)C2=CC(=O)C=CC2=Nc2ccc(O)c(-c3ccc[se]3)c21. The first-order valence-electron chi connectivity index (χ1n) is 9.08. The van der Waals surface area contributed by atoms with Crippen molar-refractivity contribution in [1.29, 1.82) is 0 Å². The number of aromatic hydroxyl groups is 1. The van der Waals surface area contributed by atoms with E-state index in [1.807, 2.05) is 30.3 Å². The van der Waals surface area contributed by atoms with Crippen LogP contribution in [0.4, 0.5) is 5.69 Å². The number of rotatable bonds is 2. The Kier molecular flexibility index (Phi) is 3.98. The van der Waals surface area contributed by atoms with Gasteiger partial charge in [-0.2, -0.15) is 0 Å². The van der Waals surface area contributed by atoms with Crippen LogP contribution in [0.1, 0.15) is 0 Å². The quantitative estimate of drug-likeness (QED) is 0.486. The van der Waals surface area contributed by atoms with Crippen molar-refractivity contribution < 1.29 is 9.90 Å². The van der Waals surface area contributed by atoms with E-state index in [-0.39, 0.29) is 20.3 Å². The van der Waals surface area contributed by atoms with Crippen molar-refractivity contribution in [3.8, 4) is 15.8 Å². The summed E-state index contributed by atoms with van der Waals surface area (Å²) in [4.78, 5) is 19.3. The van der Waals surface area contributed by atoms with Crippen LogP contribution < -0.4 is 10.4 Å². The Morgan fingerprint density at radius 1 is 1.00 bits per heavy atom. The second-order valence-corrected chi connectivity index (χ2v) is 13.0. The molecule has 5 heteroatoms. The number of hydrogen-bond donors (Lipinski definition) is 1. The molecule has 0 spiro atoms. The zero-order chi connectivity index (χ0) is 19.3. The van der Waals surface area contributed by atoms with Gasteiger partial charge in [0.1, 0.15) is 0 Å². The summed E-state index contributed by atoms with van der Waals surface area (Å²) in [5, 5.41) is 14.2. The number of carbonyl (C=O) groups is 1. The molecule has 0 saturated carbocycles. The van der Waals surface area contributed by atoms with E-state index >= 15 is 0 Å². The molecule has 5 rings (SSSR count). The Morgan fingerprint density at radius 2 is 1.82 bits per heavy atom. The number of nitrogens with zero attached hydrogens (tertiary/aromatic N) is 1. The first-order chi connectivity index (χ1) is 13.6. The van der Waals surface area contributed by atoms with Gasteiger partial charge in [0.2, 0.25) is 0 Å². The topological polar surface area (TPSA) is 49.7 Å². The molecule has 2 aliphatic rings. The molecule has 136 valence electrons. The average molecular weight is 446 g/mol. The van der Waals surface area contributed by atoms with E-state index in [4.69, 9.17) is 4.99 Å². The van der Waals surface area contributed by atoms with Crippen molar-refractivity contribution >= 4 is 50.1 Å². The number of aliphatic imine (C=N–C) groups is 1. The molecular formula is C23H17NO2SeSi. The van der Waals surface area contributed by atoms with Gasteiger partial charge in [-0.25, -0.2) is 0 Å². The van der Waals surface area contributed by atoms with Gasteiger partial charge in [0.05, 0.1) is 0 Å². The summed E-state index contributed by atoms with van der Waals surface area (Å²) in [7, 11) is -2.54. The molecule has 1 unspecified atom stereocenters. The minimum atomic E-state index is -2.54. The molecule has 1 aliphatic carbocycles. The predicted molar refractivity (Wildman–Crippen MR) is 117 cm³/mol. The van der Waals surface area contributed by atoms with Crippen LogP contribution in [-0.2, 0) is 4.79 Å². The van der Waals surface area contributed by atoms with Crippen LogP contribution in [0.25, 0.3) is 10.0 Å². The predicted octanol–water partition coefficient (Wildman–Crippen LogP) is 3.00. The van der Waals surface area contributed by atoms with E-state index in [2.05, 4.69) is 35.8 Å². The van der Waals surface area contributed by atoms with Gasteiger partial charge in [-0.3, -0.25) is 0 Å². The Morgan fingerprint density at radius 3 is 2.57 bits per heavy atom. The van der Waals surface area contributed by atoms with Gasteiger partial charge in [0.25, 0.3) is 0 Å². The zero-order valence-corrected chi connectivity index (χ0v) is 17.9. The van der Waals surface area contributed by atoms with E-state index in [1.165, 1.54) is 5.19 Å². The van der Waals surface area contributed by atoms with Crippen LogP contribution in [0.3, 0.4) is 0 Å². The van der Waals surface area contributed by atoms with Crippen molar-refractivity contribution in [3.05, 3.63) is 83.0 Å². The van der Waals surface area contributed by atoms with Crippen LogP contribution in [-0.4, -0.2) is 39.2 Å². The molecule has 0 saturated heterocycles. The summed E-state index contributed by atoms with van der Waals surface area (Å²) in [6.07, 6.45) is 5.17. The molecule has 0 bridgehead atoms. The minimum absolute atomic E-state index is 0.000253. The second-order valence-electron chi connectivity index (χ2n) is 7.11. The van der Waals surface area contributed by atoms with Crippen molar-refractivity contribution in [1.82, 2.24) is 0 Å². The summed E-state index contributed by atoms with van der Waals surface area (Å²) >= 11 is 0.180. The molecule has 3 nitrogen and oxygen atoms in total. The van der Waals surface area contributed by atoms with E-state index in [0.717, 1.165) is 31.8 Å². The zero-order valence-electron chi connectivity index (χ0n) is 15.2. The van der Waals surface area contributed by atoms with E-state index < -0.39 is 8.07 Å². The fourth-order valence-electron chi connectivity index (χ4n) is 4.20. The first kappa shape index (κ1) is 17.4. The summed E-state index contributed by atoms with van der Waals surface area (Å²) in [5.74, 6) is 0.293. The maximum absolute atomic E-state index is 12.3. The summed E-state index contributed by atoms with van der Waals surface area (Å²) in [6.45, 7) is 2.27. The van der Waals surface area contributed by atoms with Crippen molar-refractivity contribution in [2.24, 2.45) is 4.99 Å². The first-order valence-corrected chi connectivity index (χ1v) is 13.4. The van der Waals surface area contributed by atoms with Gasteiger partial charge in [0.15, 0.2) is 0 Å². The molecule has 2 aromatic carbocycles. The van der Waals surface area contributed by atoms with Crippen LogP contribution >= 0.6 is 0 Å². The van der Waals surface area contributed by atoms with E-state index in [9.17, 15) is 9.90 Å². The van der Waals surface area contributed by atoms with Gasteiger partial charge in [-0.05, 0) is 0 Å². The summed E-state index contributed by atoms with van der Waals surface area (Å²) in [5.41, 5.74) is 2.68. The Labute approximate surface area is 170 Å². The molecule has 28 heavy (non-hydrogen) atoms. The summed E-state index contributed by atoms with van der Waals surface area (Å²) in [6, 6.07) is 18.2. The third kappa shape index (κ3) is 2.48.